The Kier molecular flexibility index (Phi) is 3.73. The van der Waals surface area contributed by atoms with E-state index in [1.165, 1.54) is 18.3 Å². The Bertz CT molecular complexity index is 431. The van der Waals surface area contributed by atoms with Crippen molar-refractivity contribution in [2.45, 2.75) is 5.92 Å². The van der Waals surface area contributed by atoms with Crippen LogP contribution in [-0.4, -0.2) is 35.1 Å². The third-order valence-electron chi connectivity index (χ3n) is 1.80. The van der Waals surface area contributed by atoms with Crippen LogP contribution in [0.3, 0.4) is 0 Å². The lowest BCUT2D eigenvalue weighted by molar-refractivity contribution is -0.0462. The first-order valence-corrected chi connectivity index (χ1v) is 4.41. The van der Waals surface area contributed by atoms with Crippen molar-refractivity contribution >= 4 is 5.91 Å². The standard InChI is InChI=1S/C9H10F2N2O3/c10-9(11,5-14)4-13-8(16)6-2-1-3-12-7(6)15/h1-3,14H,4-5H2,(H,12,15)(H,13,16). The van der Waals surface area contributed by atoms with Crippen molar-refractivity contribution in [1.29, 1.82) is 0 Å². The summed E-state index contributed by atoms with van der Waals surface area (Å²) >= 11 is 0. The smallest absolute Gasteiger partial charge is 0.287 e. The van der Waals surface area contributed by atoms with Crippen LogP contribution >= 0.6 is 0 Å². The fourth-order valence-electron chi connectivity index (χ4n) is 0.961. The van der Waals surface area contributed by atoms with Crippen LogP contribution in [0.25, 0.3) is 0 Å². The maximum Gasteiger partial charge on any atom is 0.287 e. The van der Waals surface area contributed by atoms with E-state index >= 15 is 0 Å². The number of aromatic amines is 1. The molecule has 0 aromatic carbocycles. The van der Waals surface area contributed by atoms with Crippen molar-refractivity contribution in [3.8, 4) is 0 Å². The molecule has 1 aromatic rings. The minimum atomic E-state index is -3.39. The van der Waals surface area contributed by atoms with Crippen LogP contribution in [0.1, 0.15) is 10.4 Å². The SMILES string of the molecule is O=C(NCC(F)(F)CO)c1ccc[nH]c1=O. The van der Waals surface area contributed by atoms with Gasteiger partial charge in [-0.3, -0.25) is 9.59 Å². The van der Waals surface area contributed by atoms with Crippen molar-refractivity contribution in [2.24, 2.45) is 0 Å². The Morgan fingerprint density at radius 3 is 2.81 bits per heavy atom. The summed E-state index contributed by atoms with van der Waals surface area (Å²) in [5.74, 6) is -4.30. The van der Waals surface area contributed by atoms with E-state index in [0.717, 1.165) is 0 Å². The second kappa shape index (κ2) is 4.84. The van der Waals surface area contributed by atoms with E-state index < -0.39 is 30.5 Å². The summed E-state index contributed by atoms with van der Waals surface area (Å²) in [5, 5.41) is 10.1. The molecule has 0 aliphatic rings. The normalized spacial score (nSPS) is 11.2. The monoisotopic (exact) mass is 232 g/mol. The molecule has 0 saturated heterocycles. The molecule has 7 heteroatoms. The van der Waals surface area contributed by atoms with E-state index in [4.69, 9.17) is 5.11 Å². The highest BCUT2D eigenvalue weighted by Gasteiger charge is 2.28. The predicted molar refractivity (Wildman–Crippen MR) is 51.4 cm³/mol. The number of pyridine rings is 1. The van der Waals surface area contributed by atoms with Crippen LogP contribution < -0.4 is 10.9 Å². The lowest BCUT2D eigenvalue weighted by Gasteiger charge is -2.13. The van der Waals surface area contributed by atoms with Crippen LogP contribution in [0.4, 0.5) is 8.78 Å². The number of carbonyl (C=O) groups excluding carboxylic acids is 1. The number of H-pyrrole nitrogens is 1. The number of alkyl halides is 2. The molecule has 88 valence electrons. The van der Waals surface area contributed by atoms with Crippen molar-refractivity contribution in [2.75, 3.05) is 13.2 Å². The van der Waals surface area contributed by atoms with Gasteiger partial charge in [0.15, 0.2) is 0 Å². The van der Waals surface area contributed by atoms with Crippen molar-refractivity contribution in [3.63, 3.8) is 0 Å². The van der Waals surface area contributed by atoms with Crippen LogP contribution in [0, 0.1) is 0 Å². The molecule has 0 radical (unpaired) electrons. The van der Waals surface area contributed by atoms with Crippen LogP contribution in [-0.2, 0) is 0 Å². The fourth-order valence-corrected chi connectivity index (χ4v) is 0.961. The number of amides is 1. The predicted octanol–water partition coefficient (Wildman–Crippen LogP) is -0.268. The van der Waals surface area contributed by atoms with Gasteiger partial charge < -0.3 is 15.4 Å². The molecule has 16 heavy (non-hydrogen) atoms. The summed E-state index contributed by atoms with van der Waals surface area (Å²) in [6.07, 6.45) is 1.32. The average molecular weight is 232 g/mol. The minimum absolute atomic E-state index is 0.253. The van der Waals surface area contributed by atoms with Gasteiger partial charge in [0.05, 0.1) is 6.54 Å². The average Bonchev–Trinajstić information content (AvgIpc) is 2.27. The van der Waals surface area contributed by atoms with Crippen molar-refractivity contribution in [3.05, 3.63) is 34.2 Å². The lowest BCUT2D eigenvalue weighted by atomic mass is 10.2. The zero-order valence-corrected chi connectivity index (χ0v) is 8.17. The Morgan fingerprint density at radius 1 is 1.56 bits per heavy atom. The molecular formula is C9H10F2N2O3. The van der Waals surface area contributed by atoms with Crippen LogP contribution in [0.5, 0.6) is 0 Å². The molecule has 1 aromatic heterocycles. The number of carbonyl (C=O) groups is 1. The maximum atomic E-state index is 12.6. The molecule has 0 saturated carbocycles. The number of aliphatic hydroxyl groups excluding tert-OH is 1. The first-order valence-electron chi connectivity index (χ1n) is 4.41. The summed E-state index contributed by atoms with van der Waals surface area (Å²) in [6.45, 7) is -2.38. The third-order valence-corrected chi connectivity index (χ3v) is 1.80. The van der Waals surface area contributed by atoms with Crippen molar-refractivity contribution in [1.82, 2.24) is 10.3 Å². The molecule has 0 spiro atoms. The number of hydrogen-bond donors (Lipinski definition) is 3. The van der Waals surface area contributed by atoms with Gasteiger partial charge in [-0.05, 0) is 12.1 Å². The Labute approximate surface area is 89.1 Å². The van der Waals surface area contributed by atoms with Gasteiger partial charge >= 0.3 is 0 Å². The van der Waals surface area contributed by atoms with E-state index in [-0.39, 0.29) is 5.56 Å². The summed E-state index contributed by atoms with van der Waals surface area (Å²) in [4.78, 5) is 24.6. The summed E-state index contributed by atoms with van der Waals surface area (Å²) < 4.78 is 25.2. The summed E-state index contributed by atoms with van der Waals surface area (Å²) in [7, 11) is 0. The van der Waals surface area contributed by atoms with E-state index in [0.29, 0.717) is 0 Å². The van der Waals surface area contributed by atoms with Gasteiger partial charge in [-0.1, -0.05) is 0 Å². The number of halogens is 2. The molecule has 3 N–H and O–H groups in total. The lowest BCUT2D eigenvalue weighted by Crippen LogP contribution is -2.40. The van der Waals surface area contributed by atoms with Crippen LogP contribution in [0.2, 0.25) is 0 Å². The molecule has 0 bridgehead atoms. The Morgan fingerprint density at radius 2 is 2.25 bits per heavy atom. The van der Waals surface area contributed by atoms with E-state index in [2.05, 4.69) is 4.98 Å². The number of hydrogen-bond acceptors (Lipinski definition) is 3. The largest absolute Gasteiger partial charge is 0.390 e. The fraction of sp³-hybridized carbons (Fsp3) is 0.333. The van der Waals surface area contributed by atoms with E-state index in [1.807, 2.05) is 5.32 Å². The molecule has 0 aliphatic carbocycles. The summed E-state index contributed by atoms with van der Waals surface area (Å²) in [5.41, 5.74) is -0.913. The highest BCUT2D eigenvalue weighted by atomic mass is 19.3. The Balaban J connectivity index is 2.68. The molecule has 0 unspecified atom stereocenters. The van der Waals surface area contributed by atoms with Gasteiger partial charge in [0.1, 0.15) is 12.2 Å². The molecule has 1 rings (SSSR count). The van der Waals surface area contributed by atoms with Gasteiger partial charge in [0.25, 0.3) is 17.4 Å². The topological polar surface area (TPSA) is 82.2 Å². The molecule has 0 atom stereocenters. The van der Waals surface area contributed by atoms with E-state index in [1.54, 1.807) is 0 Å². The number of aromatic nitrogens is 1. The first kappa shape index (κ1) is 12.3. The second-order valence-electron chi connectivity index (χ2n) is 3.11. The number of aliphatic hydroxyl groups is 1. The third kappa shape index (κ3) is 3.13. The molecule has 0 aliphatic heterocycles. The van der Waals surface area contributed by atoms with Crippen LogP contribution in [0.15, 0.2) is 23.1 Å². The van der Waals surface area contributed by atoms with Crippen molar-refractivity contribution < 1.29 is 18.7 Å². The molecule has 0 fully saturated rings. The van der Waals surface area contributed by atoms with Gasteiger partial charge in [-0.15, -0.1) is 0 Å². The number of nitrogens with one attached hydrogen (secondary N) is 2. The maximum absolute atomic E-state index is 12.6. The van der Waals surface area contributed by atoms with Gasteiger partial charge in [-0.25, -0.2) is 8.78 Å². The zero-order valence-electron chi connectivity index (χ0n) is 8.17. The summed E-state index contributed by atoms with van der Waals surface area (Å²) in [6, 6.07) is 2.62. The van der Waals surface area contributed by atoms with Gasteiger partial charge in [0, 0.05) is 6.20 Å². The molecular weight excluding hydrogens is 222 g/mol. The quantitative estimate of drug-likeness (QED) is 0.668. The minimum Gasteiger partial charge on any atom is -0.390 e. The van der Waals surface area contributed by atoms with Gasteiger partial charge in [0.2, 0.25) is 0 Å². The molecule has 1 heterocycles. The first-order chi connectivity index (χ1) is 7.46. The number of rotatable bonds is 4. The Hall–Kier alpha value is -1.76. The highest BCUT2D eigenvalue weighted by Crippen LogP contribution is 2.09. The second-order valence-corrected chi connectivity index (χ2v) is 3.11. The van der Waals surface area contributed by atoms with Gasteiger partial charge in [-0.2, -0.15) is 0 Å². The molecule has 1 amide bonds. The zero-order chi connectivity index (χ0) is 12.2. The molecule has 5 nitrogen and oxygen atoms in total. The van der Waals surface area contributed by atoms with E-state index in [9.17, 15) is 18.4 Å². The highest BCUT2D eigenvalue weighted by molar-refractivity contribution is 5.93.